The molecule has 0 radical (unpaired) electrons. The maximum absolute atomic E-state index is 11.3. The Labute approximate surface area is 95.0 Å². The minimum Gasteiger partial charge on any atom is -0.480 e. The summed E-state index contributed by atoms with van der Waals surface area (Å²) in [5.74, 6) is -2.21. The zero-order chi connectivity index (χ0) is 12.9. The maximum Gasteiger partial charge on any atom is 0.326 e. The molecule has 0 fully saturated rings. The van der Waals surface area contributed by atoms with E-state index < -0.39 is 27.8 Å². The van der Waals surface area contributed by atoms with Crippen LogP contribution in [0.4, 0.5) is 0 Å². The molecule has 2 N–H and O–H groups in total. The van der Waals surface area contributed by atoms with Crippen LogP contribution in [0.15, 0.2) is 0 Å². The summed E-state index contributed by atoms with van der Waals surface area (Å²) in [6, 6.07) is -0.980. The topological polar surface area (TPSA) is 101 Å². The average molecular weight is 251 g/mol. The highest BCUT2D eigenvalue weighted by Crippen LogP contribution is 2.02. The summed E-state index contributed by atoms with van der Waals surface area (Å²) >= 11 is 0. The van der Waals surface area contributed by atoms with Gasteiger partial charge in [-0.15, -0.1) is 0 Å². The molecule has 1 atom stereocenters. The van der Waals surface area contributed by atoms with Crippen molar-refractivity contribution in [2.45, 2.75) is 26.3 Å². The first-order valence-electron chi connectivity index (χ1n) is 4.83. The van der Waals surface area contributed by atoms with E-state index in [0.717, 1.165) is 6.26 Å². The second kappa shape index (κ2) is 5.83. The Morgan fingerprint density at radius 3 is 2.12 bits per heavy atom. The van der Waals surface area contributed by atoms with Gasteiger partial charge in [-0.05, 0) is 5.92 Å². The molecule has 0 saturated carbocycles. The van der Waals surface area contributed by atoms with Crippen LogP contribution in [0.25, 0.3) is 0 Å². The normalized spacial score (nSPS) is 13.5. The van der Waals surface area contributed by atoms with E-state index in [1.54, 1.807) is 13.8 Å². The molecule has 0 aromatic heterocycles. The van der Waals surface area contributed by atoms with Gasteiger partial charge in [0, 0.05) is 12.7 Å². The van der Waals surface area contributed by atoms with Crippen molar-refractivity contribution < 1.29 is 23.1 Å². The molecule has 94 valence electrons. The summed E-state index contributed by atoms with van der Waals surface area (Å²) in [7, 11) is -3.20. The zero-order valence-electron chi connectivity index (χ0n) is 9.56. The first kappa shape index (κ1) is 14.9. The Hall–Kier alpha value is -1.11. The summed E-state index contributed by atoms with van der Waals surface area (Å²) in [6.07, 6.45) is 0.812. The Morgan fingerprint density at radius 1 is 1.31 bits per heavy atom. The van der Waals surface area contributed by atoms with E-state index in [0.29, 0.717) is 0 Å². The molecule has 0 heterocycles. The molecule has 0 saturated heterocycles. The molecule has 0 aliphatic rings. The molecular weight excluding hydrogens is 234 g/mol. The lowest BCUT2D eigenvalue weighted by Crippen LogP contribution is -2.44. The lowest BCUT2D eigenvalue weighted by Gasteiger charge is -2.17. The van der Waals surface area contributed by atoms with Crippen LogP contribution in [0.1, 0.15) is 20.3 Å². The number of nitrogens with one attached hydrogen (secondary N) is 1. The third-order valence-corrected chi connectivity index (χ3v) is 2.89. The van der Waals surface area contributed by atoms with Crippen molar-refractivity contribution in [2.24, 2.45) is 5.92 Å². The highest BCUT2D eigenvalue weighted by molar-refractivity contribution is 7.90. The van der Waals surface area contributed by atoms with E-state index in [9.17, 15) is 18.0 Å². The second-order valence-corrected chi connectivity index (χ2v) is 6.27. The van der Waals surface area contributed by atoms with Gasteiger partial charge in [-0.25, -0.2) is 13.2 Å². The fraction of sp³-hybridized carbons (Fsp3) is 0.778. The maximum atomic E-state index is 11.3. The number of carboxylic acid groups (broad SMARTS) is 1. The van der Waals surface area contributed by atoms with Crippen molar-refractivity contribution in [1.29, 1.82) is 0 Å². The van der Waals surface area contributed by atoms with Crippen LogP contribution >= 0.6 is 0 Å². The van der Waals surface area contributed by atoms with Gasteiger partial charge >= 0.3 is 5.97 Å². The number of hydrogen-bond donors (Lipinski definition) is 2. The number of carbonyl (C=O) groups excluding carboxylic acids is 1. The summed E-state index contributed by atoms with van der Waals surface area (Å²) in [5, 5.41) is 11.1. The highest BCUT2D eigenvalue weighted by atomic mass is 32.2. The lowest BCUT2D eigenvalue weighted by molar-refractivity contribution is -0.143. The van der Waals surface area contributed by atoms with E-state index in [4.69, 9.17) is 5.11 Å². The van der Waals surface area contributed by atoms with E-state index in [-0.39, 0.29) is 18.1 Å². The quantitative estimate of drug-likeness (QED) is 0.671. The first-order chi connectivity index (χ1) is 7.13. The fourth-order valence-electron chi connectivity index (χ4n) is 1.04. The molecule has 0 aliphatic carbocycles. The van der Waals surface area contributed by atoms with E-state index in [2.05, 4.69) is 5.32 Å². The predicted octanol–water partition coefficient (Wildman–Crippen LogP) is -0.353. The molecule has 0 aromatic carbocycles. The van der Waals surface area contributed by atoms with Crippen LogP contribution < -0.4 is 5.32 Å². The summed E-state index contributed by atoms with van der Waals surface area (Å²) in [4.78, 5) is 22.0. The average Bonchev–Trinajstić information content (AvgIpc) is 2.08. The molecular formula is C9H17NO5S. The van der Waals surface area contributed by atoms with Crippen molar-refractivity contribution in [3.63, 3.8) is 0 Å². The smallest absolute Gasteiger partial charge is 0.326 e. The van der Waals surface area contributed by atoms with Crippen LogP contribution in [0.2, 0.25) is 0 Å². The summed E-state index contributed by atoms with van der Waals surface area (Å²) in [5.41, 5.74) is 0. The van der Waals surface area contributed by atoms with E-state index >= 15 is 0 Å². The lowest BCUT2D eigenvalue weighted by atomic mass is 10.0. The van der Waals surface area contributed by atoms with Crippen molar-refractivity contribution in [1.82, 2.24) is 5.32 Å². The Balaban J connectivity index is 4.27. The Kier molecular flexibility index (Phi) is 5.43. The van der Waals surface area contributed by atoms with Gasteiger partial charge in [0.2, 0.25) is 5.91 Å². The number of rotatable bonds is 6. The monoisotopic (exact) mass is 251 g/mol. The van der Waals surface area contributed by atoms with Gasteiger partial charge in [0.05, 0.1) is 5.75 Å². The van der Waals surface area contributed by atoms with Crippen LogP contribution in [0.3, 0.4) is 0 Å². The first-order valence-corrected chi connectivity index (χ1v) is 6.89. The van der Waals surface area contributed by atoms with E-state index in [1.807, 2.05) is 0 Å². The van der Waals surface area contributed by atoms with Gasteiger partial charge in [0.1, 0.15) is 15.9 Å². The molecule has 1 amide bonds. The molecule has 1 unspecified atom stereocenters. The standard InChI is InChI=1S/C9H17NO5S/c1-6(2)8(9(12)13)10-7(11)4-5-16(3,14)15/h6,8H,4-5H2,1-3H3,(H,10,11)(H,12,13). The van der Waals surface area contributed by atoms with Crippen LogP contribution in [0, 0.1) is 5.92 Å². The molecule has 16 heavy (non-hydrogen) atoms. The Bertz CT molecular complexity index is 360. The van der Waals surface area contributed by atoms with Crippen LogP contribution in [-0.2, 0) is 19.4 Å². The highest BCUT2D eigenvalue weighted by Gasteiger charge is 2.23. The minimum atomic E-state index is -3.20. The third kappa shape index (κ3) is 6.39. The van der Waals surface area contributed by atoms with Crippen LogP contribution in [-0.4, -0.2) is 43.5 Å². The minimum absolute atomic E-state index is 0.213. The summed E-state index contributed by atoms with van der Waals surface area (Å²) in [6.45, 7) is 3.32. The van der Waals surface area contributed by atoms with Gasteiger partial charge in [0.25, 0.3) is 0 Å². The van der Waals surface area contributed by atoms with Crippen molar-refractivity contribution in [3.8, 4) is 0 Å². The molecule has 0 aliphatic heterocycles. The van der Waals surface area contributed by atoms with Gasteiger partial charge in [-0.1, -0.05) is 13.8 Å². The molecule has 0 aromatic rings. The molecule has 0 bridgehead atoms. The molecule has 7 heteroatoms. The number of aliphatic carboxylic acids is 1. The summed E-state index contributed by atoms with van der Waals surface area (Å²) < 4.78 is 21.6. The third-order valence-electron chi connectivity index (χ3n) is 1.95. The van der Waals surface area contributed by atoms with Crippen molar-refractivity contribution in [3.05, 3.63) is 0 Å². The largest absolute Gasteiger partial charge is 0.480 e. The SMILES string of the molecule is CC(C)C(NC(=O)CCS(C)(=O)=O)C(=O)O. The number of sulfone groups is 1. The zero-order valence-corrected chi connectivity index (χ0v) is 10.4. The molecule has 0 spiro atoms. The fourth-order valence-corrected chi connectivity index (χ4v) is 1.59. The van der Waals surface area contributed by atoms with Crippen molar-refractivity contribution >= 4 is 21.7 Å². The second-order valence-electron chi connectivity index (χ2n) is 4.01. The van der Waals surface area contributed by atoms with Gasteiger partial charge in [-0.3, -0.25) is 4.79 Å². The number of hydrogen-bond acceptors (Lipinski definition) is 4. The number of carboxylic acids is 1. The Morgan fingerprint density at radius 2 is 1.81 bits per heavy atom. The molecule has 6 nitrogen and oxygen atoms in total. The van der Waals surface area contributed by atoms with E-state index in [1.165, 1.54) is 0 Å². The molecule has 0 rings (SSSR count). The van der Waals surface area contributed by atoms with Crippen molar-refractivity contribution in [2.75, 3.05) is 12.0 Å². The van der Waals surface area contributed by atoms with Gasteiger partial charge < -0.3 is 10.4 Å². The number of amides is 1. The van der Waals surface area contributed by atoms with Gasteiger partial charge in [0.15, 0.2) is 0 Å². The van der Waals surface area contributed by atoms with Crippen LogP contribution in [0.5, 0.6) is 0 Å². The van der Waals surface area contributed by atoms with Gasteiger partial charge in [-0.2, -0.15) is 0 Å². The number of carbonyl (C=O) groups is 2. The predicted molar refractivity (Wildman–Crippen MR) is 58.7 cm³/mol.